The molecule has 0 radical (unpaired) electrons. The number of hydrogen-bond acceptors (Lipinski definition) is 7. The summed E-state index contributed by atoms with van der Waals surface area (Å²) in [5.74, 6) is 1.02. The number of piperazine rings is 1. The summed E-state index contributed by atoms with van der Waals surface area (Å²) in [5.41, 5.74) is 5.25. The molecule has 0 saturated carbocycles. The topological polar surface area (TPSA) is 106 Å². The number of pyridine rings is 1. The van der Waals surface area contributed by atoms with Gasteiger partial charge in [-0.05, 0) is 59.7 Å². The fourth-order valence-electron chi connectivity index (χ4n) is 5.07. The number of rotatable bonds is 7. The predicted octanol–water partition coefficient (Wildman–Crippen LogP) is 5.14. The van der Waals surface area contributed by atoms with Crippen LogP contribution in [0.3, 0.4) is 0 Å². The lowest BCUT2D eigenvalue weighted by Gasteiger charge is -2.34. The van der Waals surface area contributed by atoms with Crippen LogP contribution in [-0.4, -0.2) is 63.3 Å². The Kier molecular flexibility index (Phi) is 6.75. The van der Waals surface area contributed by atoms with Gasteiger partial charge in [0.1, 0.15) is 11.4 Å². The zero-order valence-corrected chi connectivity index (χ0v) is 21.9. The summed E-state index contributed by atoms with van der Waals surface area (Å²) in [6, 6.07) is 21.7. The predicted molar refractivity (Wildman–Crippen MR) is 149 cm³/mol. The molecule has 10 nitrogen and oxygen atoms in total. The molecule has 0 aliphatic carbocycles. The minimum Gasteiger partial charge on any atom is -0.497 e. The first-order chi connectivity index (χ1) is 19.5. The van der Waals surface area contributed by atoms with Crippen molar-refractivity contribution in [2.24, 2.45) is 0 Å². The van der Waals surface area contributed by atoms with Gasteiger partial charge in [-0.1, -0.05) is 12.1 Å². The molecule has 0 N–H and O–H groups in total. The normalized spacial score (nSPS) is 14.0. The number of nitro benzene ring substituents is 1. The van der Waals surface area contributed by atoms with Crippen LogP contribution < -0.4 is 4.74 Å². The van der Waals surface area contributed by atoms with E-state index in [-0.39, 0.29) is 16.5 Å². The van der Waals surface area contributed by atoms with E-state index in [1.165, 1.54) is 12.3 Å². The molecule has 10 heteroatoms. The van der Waals surface area contributed by atoms with Gasteiger partial charge < -0.3 is 18.5 Å². The van der Waals surface area contributed by atoms with Crippen molar-refractivity contribution < 1.29 is 18.9 Å². The lowest BCUT2D eigenvalue weighted by Crippen LogP contribution is -2.48. The van der Waals surface area contributed by atoms with E-state index in [1.54, 1.807) is 31.4 Å². The van der Waals surface area contributed by atoms with Crippen LogP contribution in [0.2, 0.25) is 0 Å². The molecular formula is C30H27N5O5. The maximum absolute atomic E-state index is 12.7. The molecule has 0 spiro atoms. The number of carbonyl (C=O) groups is 1. The van der Waals surface area contributed by atoms with Crippen LogP contribution in [0.4, 0.5) is 5.69 Å². The molecule has 202 valence electrons. The van der Waals surface area contributed by atoms with Gasteiger partial charge in [0.05, 0.1) is 29.7 Å². The van der Waals surface area contributed by atoms with Gasteiger partial charge >= 0.3 is 0 Å². The van der Waals surface area contributed by atoms with Crippen molar-refractivity contribution in [1.29, 1.82) is 0 Å². The fraction of sp³-hybridized carbons (Fsp3) is 0.200. The van der Waals surface area contributed by atoms with Crippen LogP contribution in [-0.2, 0) is 6.54 Å². The lowest BCUT2D eigenvalue weighted by atomic mass is 10.1. The first kappa shape index (κ1) is 25.3. The van der Waals surface area contributed by atoms with Crippen molar-refractivity contribution in [1.82, 2.24) is 19.2 Å². The van der Waals surface area contributed by atoms with Crippen molar-refractivity contribution >= 4 is 17.2 Å². The first-order valence-electron chi connectivity index (χ1n) is 13.0. The van der Waals surface area contributed by atoms with E-state index < -0.39 is 0 Å². The summed E-state index contributed by atoms with van der Waals surface area (Å²) in [6.07, 6.45) is 3.50. The maximum atomic E-state index is 12.7. The van der Waals surface area contributed by atoms with E-state index in [2.05, 4.69) is 9.30 Å². The number of furan rings is 1. The van der Waals surface area contributed by atoms with Crippen molar-refractivity contribution in [3.63, 3.8) is 0 Å². The molecule has 0 unspecified atom stereocenters. The Labute approximate surface area is 230 Å². The SMILES string of the molecule is COc1ccc(-c2nc3ccc(-c4cccc([N+](=O)[O-])c4)cn3c2CN2CCN(C(=O)c3ccco3)CC2)cc1. The van der Waals surface area contributed by atoms with Gasteiger partial charge in [0, 0.05) is 56.6 Å². The van der Waals surface area contributed by atoms with E-state index in [9.17, 15) is 14.9 Å². The average Bonchev–Trinajstić information content (AvgIpc) is 3.66. The molecule has 2 aromatic carbocycles. The van der Waals surface area contributed by atoms with Crippen LogP contribution in [0.5, 0.6) is 5.75 Å². The van der Waals surface area contributed by atoms with Gasteiger partial charge in [-0.2, -0.15) is 0 Å². The van der Waals surface area contributed by atoms with E-state index in [0.717, 1.165) is 39.5 Å². The number of methoxy groups -OCH3 is 1. The van der Waals surface area contributed by atoms with Crippen molar-refractivity contribution in [3.05, 3.63) is 107 Å². The third kappa shape index (κ3) is 4.92. The van der Waals surface area contributed by atoms with Crippen molar-refractivity contribution in [2.75, 3.05) is 33.3 Å². The number of ether oxygens (including phenoxy) is 1. The summed E-state index contributed by atoms with van der Waals surface area (Å²) < 4.78 is 12.7. The van der Waals surface area contributed by atoms with Gasteiger partial charge in [-0.15, -0.1) is 0 Å². The summed E-state index contributed by atoms with van der Waals surface area (Å²) in [6.45, 7) is 3.20. The molecule has 5 aromatic rings. The second kappa shape index (κ2) is 10.7. The van der Waals surface area contributed by atoms with Gasteiger partial charge in [-0.25, -0.2) is 4.98 Å². The number of aromatic nitrogens is 2. The summed E-state index contributed by atoms with van der Waals surface area (Å²) in [7, 11) is 1.64. The molecular weight excluding hydrogens is 510 g/mol. The summed E-state index contributed by atoms with van der Waals surface area (Å²) in [4.78, 5) is 32.8. The smallest absolute Gasteiger partial charge is 0.289 e. The number of fused-ring (bicyclic) bond motifs is 1. The number of carbonyl (C=O) groups excluding carboxylic acids is 1. The fourth-order valence-corrected chi connectivity index (χ4v) is 5.07. The lowest BCUT2D eigenvalue weighted by molar-refractivity contribution is -0.384. The molecule has 1 fully saturated rings. The van der Waals surface area contributed by atoms with Gasteiger partial charge in [0.15, 0.2) is 5.76 Å². The van der Waals surface area contributed by atoms with Gasteiger partial charge in [0.25, 0.3) is 11.6 Å². The number of nitro groups is 1. The van der Waals surface area contributed by atoms with Crippen molar-refractivity contribution in [2.45, 2.75) is 6.54 Å². The Morgan fingerprint density at radius 2 is 1.75 bits per heavy atom. The van der Waals surface area contributed by atoms with Crippen LogP contribution >= 0.6 is 0 Å². The van der Waals surface area contributed by atoms with Crippen LogP contribution in [0.25, 0.3) is 28.0 Å². The average molecular weight is 538 g/mol. The highest BCUT2D eigenvalue weighted by Gasteiger charge is 2.25. The molecule has 3 aromatic heterocycles. The highest BCUT2D eigenvalue weighted by atomic mass is 16.6. The maximum Gasteiger partial charge on any atom is 0.289 e. The van der Waals surface area contributed by atoms with E-state index in [1.807, 2.05) is 53.6 Å². The Morgan fingerprint density at radius 1 is 0.975 bits per heavy atom. The number of nitrogens with zero attached hydrogens (tertiary/aromatic N) is 5. The van der Waals surface area contributed by atoms with Crippen LogP contribution in [0.15, 0.2) is 89.7 Å². The van der Waals surface area contributed by atoms with E-state index >= 15 is 0 Å². The largest absolute Gasteiger partial charge is 0.497 e. The molecule has 1 saturated heterocycles. The van der Waals surface area contributed by atoms with Gasteiger partial charge in [0.2, 0.25) is 0 Å². The third-order valence-corrected chi connectivity index (χ3v) is 7.24. The zero-order valence-electron chi connectivity index (χ0n) is 21.9. The summed E-state index contributed by atoms with van der Waals surface area (Å²) in [5, 5.41) is 11.4. The van der Waals surface area contributed by atoms with E-state index in [0.29, 0.717) is 38.5 Å². The molecule has 1 amide bonds. The molecule has 4 heterocycles. The monoisotopic (exact) mass is 537 g/mol. The number of non-ortho nitro benzene ring substituents is 1. The Balaban J connectivity index is 1.34. The molecule has 40 heavy (non-hydrogen) atoms. The highest BCUT2D eigenvalue weighted by molar-refractivity contribution is 5.91. The van der Waals surface area contributed by atoms with E-state index in [4.69, 9.17) is 14.1 Å². The zero-order chi connectivity index (χ0) is 27.6. The molecule has 6 rings (SSSR count). The molecule has 0 atom stereocenters. The number of amides is 1. The summed E-state index contributed by atoms with van der Waals surface area (Å²) >= 11 is 0. The number of imidazole rings is 1. The molecule has 0 bridgehead atoms. The quantitative estimate of drug-likeness (QED) is 0.209. The van der Waals surface area contributed by atoms with Gasteiger partial charge in [-0.3, -0.25) is 19.8 Å². The highest BCUT2D eigenvalue weighted by Crippen LogP contribution is 2.30. The standard InChI is InChI=1S/C30H27N5O5/c1-39-25-10-7-21(8-11-25)29-26(20-32-13-15-33(16-14-32)30(36)27-6-3-17-40-27)34-19-23(9-12-28(34)31-29)22-4-2-5-24(18-22)35(37)38/h2-12,17-19H,13-16,20H2,1H3. The number of benzene rings is 2. The third-order valence-electron chi connectivity index (χ3n) is 7.24. The van der Waals surface area contributed by atoms with Crippen LogP contribution in [0.1, 0.15) is 16.2 Å². The Morgan fingerprint density at radius 3 is 2.45 bits per heavy atom. The Bertz CT molecular complexity index is 1670. The minimum absolute atomic E-state index is 0.0457. The minimum atomic E-state index is -0.386. The Hall–Kier alpha value is -4.96. The second-order valence-corrected chi connectivity index (χ2v) is 9.63. The first-order valence-corrected chi connectivity index (χ1v) is 13.0. The molecule has 1 aliphatic heterocycles. The second-order valence-electron chi connectivity index (χ2n) is 9.63. The van der Waals surface area contributed by atoms with Crippen LogP contribution in [0, 0.1) is 10.1 Å². The van der Waals surface area contributed by atoms with Crippen molar-refractivity contribution in [3.8, 4) is 28.1 Å². The number of hydrogen-bond donors (Lipinski definition) is 0. The molecule has 1 aliphatic rings.